The van der Waals surface area contributed by atoms with Gasteiger partial charge in [-0.15, -0.1) is 0 Å². The monoisotopic (exact) mass is 908 g/mol. The first-order chi connectivity index (χ1) is 28.2. The van der Waals surface area contributed by atoms with Gasteiger partial charge in [-0.2, -0.15) is 0 Å². The Balaban J connectivity index is 0.0000360. The predicted molar refractivity (Wildman–Crippen MR) is 209 cm³/mol. The molecule has 1 aliphatic rings. The van der Waals surface area contributed by atoms with Crippen LogP contribution in [0.5, 0.6) is 0 Å². The quantitative estimate of drug-likeness (QED) is 0.100. The Kier molecular flexibility index (Phi) is 27.4. The Morgan fingerprint density at radius 3 is 0.951 bits per heavy atom. The van der Waals surface area contributed by atoms with Crippen LogP contribution in [0.1, 0.15) is 99.3 Å². The molecule has 6 amide bonds. The molecule has 0 fully saturated rings. The number of nitrogens with zero attached hydrogens (tertiary/aromatic N) is 3. The van der Waals surface area contributed by atoms with Crippen molar-refractivity contribution in [3.63, 3.8) is 0 Å². The summed E-state index contributed by atoms with van der Waals surface area (Å²) in [7, 11) is 0. The molecule has 3 unspecified atom stereocenters. The van der Waals surface area contributed by atoms with E-state index in [0.717, 1.165) is 18.2 Å². The SMILES string of the molecule is CC(=O)NC1CCCN(O)C(=O)/C=C(/C)CCOC(=O)C(NC(C)=O)CCCN(O)C(=O)/C=C(\C)CCOC(=O)C(NC(C)=O)CCCN(O)C(=O)/C=C(/C)CCOC1=O.[Fe]. The maximum Gasteiger partial charge on any atom is 0.328 e. The van der Waals surface area contributed by atoms with Crippen molar-refractivity contribution >= 4 is 53.4 Å². The van der Waals surface area contributed by atoms with E-state index in [1.165, 1.54) is 20.8 Å². The minimum absolute atomic E-state index is 0. The second-order valence-electron chi connectivity index (χ2n) is 14.3. The Morgan fingerprint density at radius 1 is 0.508 bits per heavy atom. The van der Waals surface area contributed by atoms with Crippen LogP contribution in [0.25, 0.3) is 0 Å². The summed E-state index contributed by atoms with van der Waals surface area (Å²) in [5.41, 5.74) is 1.32. The van der Waals surface area contributed by atoms with Gasteiger partial charge in [0.05, 0.1) is 19.8 Å². The van der Waals surface area contributed by atoms with E-state index in [2.05, 4.69) is 16.0 Å². The summed E-state index contributed by atoms with van der Waals surface area (Å²) in [6, 6.07) is -3.33. The summed E-state index contributed by atoms with van der Waals surface area (Å²) in [5.74, 6) is -6.32. The Labute approximate surface area is 365 Å². The van der Waals surface area contributed by atoms with Gasteiger partial charge in [0.25, 0.3) is 17.7 Å². The Morgan fingerprint density at radius 2 is 0.738 bits per heavy atom. The van der Waals surface area contributed by atoms with Gasteiger partial charge in [-0.05, 0) is 59.3 Å². The number of carbonyl (C=O) groups is 9. The topological polar surface area (TPSA) is 288 Å². The van der Waals surface area contributed by atoms with Crippen molar-refractivity contribution in [2.45, 2.75) is 117 Å². The summed E-state index contributed by atoms with van der Waals surface area (Å²) in [4.78, 5) is 111. The van der Waals surface area contributed by atoms with Gasteiger partial charge in [0, 0.05) is 95.0 Å². The van der Waals surface area contributed by atoms with Crippen LogP contribution in [0.15, 0.2) is 34.9 Å². The van der Waals surface area contributed by atoms with Gasteiger partial charge in [-0.3, -0.25) is 44.4 Å². The molecule has 0 aromatic carbocycles. The Bertz CT molecular complexity index is 1450. The molecular weight excluding hydrogens is 848 g/mol. The maximum absolute atomic E-state index is 12.8. The normalized spacial score (nSPS) is 24.4. The van der Waals surface area contributed by atoms with Crippen LogP contribution in [0.3, 0.4) is 0 Å². The van der Waals surface area contributed by atoms with E-state index >= 15 is 0 Å². The molecule has 0 aromatic heterocycles. The number of ether oxygens (including phenoxy) is 3. The summed E-state index contributed by atoms with van der Waals surface area (Å²) in [5, 5.41) is 39.6. The molecule has 1 aliphatic heterocycles. The second-order valence-corrected chi connectivity index (χ2v) is 14.3. The van der Waals surface area contributed by atoms with Crippen molar-refractivity contribution in [1.82, 2.24) is 31.1 Å². The number of nitrogens with one attached hydrogen (secondary N) is 3. The first kappa shape index (κ1) is 55.8. The maximum atomic E-state index is 12.8. The summed E-state index contributed by atoms with van der Waals surface area (Å²) >= 11 is 0. The van der Waals surface area contributed by atoms with Crippen molar-refractivity contribution in [3.05, 3.63) is 34.9 Å². The van der Waals surface area contributed by atoms with E-state index < -0.39 is 71.5 Å². The van der Waals surface area contributed by atoms with Crippen LogP contribution in [-0.2, 0) is 74.4 Å². The number of hydroxylamine groups is 6. The minimum Gasteiger partial charge on any atom is -0.464 e. The van der Waals surface area contributed by atoms with Crippen molar-refractivity contribution in [2.75, 3.05) is 39.5 Å². The number of rotatable bonds is 3. The molecule has 0 aliphatic carbocycles. The van der Waals surface area contributed by atoms with E-state index in [4.69, 9.17) is 14.2 Å². The number of esters is 3. The molecule has 344 valence electrons. The fourth-order valence-electron chi connectivity index (χ4n) is 5.46. The molecule has 6 N–H and O–H groups in total. The van der Waals surface area contributed by atoms with Crippen LogP contribution in [-0.4, -0.2) is 142 Å². The van der Waals surface area contributed by atoms with E-state index in [-0.39, 0.29) is 114 Å². The number of carbonyl (C=O) groups excluding carboxylic acids is 9. The molecule has 0 saturated carbocycles. The van der Waals surface area contributed by atoms with E-state index in [0.29, 0.717) is 31.9 Å². The molecule has 0 aromatic rings. The van der Waals surface area contributed by atoms with E-state index in [1.54, 1.807) is 20.8 Å². The zero-order chi connectivity index (χ0) is 45.4. The summed E-state index contributed by atoms with van der Waals surface area (Å²) in [6.45, 7) is 7.11. The second kappa shape index (κ2) is 30.0. The molecule has 21 nitrogen and oxygen atoms in total. The standard InChI is InChI=1S/C39H60N6O15.Fe/c1-25-13-19-58-37(52)31(40-28(4)46)11-8-17-44(56)35(50)23-27(3)15-21-60-39(54)33(42-30(6)48)12-9-18-45(57)36(51)24-26(2)14-20-59-38(53)32(41-29(5)47)10-7-16-43(55)34(49)22-25;/h22-24,31-33,55-57H,7-21H2,1-6H3,(H,40,46)(H,41,47)(H,42,48);/b25-22-,26-24-,27-23+;. The average Bonchev–Trinajstić information content (AvgIpc) is 3.15. The van der Waals surface area contributed by atoms with Crippen LogP contribution in [0, 0.1) is 0 Å². The largest absolute Gasteiger partial charge is 0.464 e. The molecule has 0 saturated heterocycles. The van der Waals surface area contributed by atoms with Gasteiger partial charge < -0.3 is 30.2 Å². The van der Waals surface area contributed by atoms with Crippen LogP contribution in [0.2, 0.25) is 0 Å². The molecule has 22 heteroatoms. The average molecular weight is 909 g/mol. The third-order valence-electron chi connectivity index (χ3n) is 8.67. The fraction of sp³-hybridized carbons (Fsp3) is 0.615. The van der Waals surface area contributed by atoms with Gasteiger partial charge in [-0.25, -0.2) is 29.6 Å². The van der Waals surface area contributed by atoms with Crippen molar-refractivity contribution in [1.29, 1.82) is 0 Å². The smallest absolute Gasteiger partial charge is 0.328 e. The zero-order valence-electron chi connectivity index (χ0n) is 35.5. The van der Waals surface area contributed by atoms with Crippen LogP contribution < -0.4 is 16.0 Å². The van der Waals surface area contributed by atoms with Crippen molar-refractivity contribution < 1.29 is 90.1 Å². The van der Waals surface area contributed by atoms with Gasteiger partial charge >= 0.3 is 17.9 Å². The van der Waals surface area contributed by atoms with Gasteiger partial charge in [0.15, 0.2) is 0 Å². The molecule has 0 spiro atoms. The molecule has 1 heterocycles. The molecule has 0 radical (unpaired) electrons. The number of hydrogen-bond donors (Lipinski definition) is 6. The van der Waals surface area contributed by atoms with Crippen LogP contribution in [0.4, 0.5) is 0 Å². The molecule has 61 heavy (non-hydrogen) atoms. The van der Waals surface area contributed by atoms with Crippen molar-refractivity contribution in [3.8, 4) is 0 Å². The fourth-order valence-corrected chi connectivity index (χ4v) is 5.46. The first-order valence-electron chi connectivity index (χ1n) is 19.5. The number of hydrogen-bond acceptors (Lipinski definition) is 15. The van der Waals surface area contributed by atoms with Crippen LogP contribution >= 0.6 is 0 Å². The molecule has 3 atom stereocenters. The molecule has 0 bridgehead atoms. The van der Waals surface area contributed by atoms with Gasteiger partial charge in [0.2, 0.25) is 17.7 Å². The van der Waals surface area contributed by atoms with Crippen molar-refractivity contribution in [2.24, 2.45) is 0 Å². The predicted octanol–water partition coefficient (Wildman–Crippen LogP) is 1.14. The summed E-state index contributed by atoms with van der Waals surface area (Å²) in [6.07, 6.45) is 3.86. The molecule has 1 rings (SSSR count). The molecular formula is C39H60FeN6O15. The third kappa shape index (κ3) is 24.6. The zero-order valence-corrected chi connectivity index (χ0v) is 36.6. The summed E-state index contributed by atoms with van der Waals surface area (Å²) < 4.78 is 15.9. The van der Waals surface area contributed by atoms with Gasteiger partial charge in [-0.1, -0.05) is 16.7 Å². The van der Waals surface area contributed by atoms with E-state index in [1.807, 2.05) is 0 Å². The first-order valence-corrected chi connectivity index (χ1v) is 19.5. The number of amides is 6. The third-order valence-corrected chi connectivity index (χ3v) is 8.67. The Hall–Kier alpha value is -5.15. The van der Waals surface area contributed by atoms with Gasteiger partial charge in [0.1, 0.15) is 18.1 Å². The minimum atomic E-state index is -1.11. The van der Waals surface area contributed by atoms with E-state index in [9.17, 15) is 58.8 Å². The number of cyclic esters (lactones) is 3.